The molecule has 164 valence electrons. The maximum absolute atomic E-state index is 13.0. The van der Waals surface area contributed by atoms with Gasteiger partial charge in [0.1, 0.15) is 17.8 Å². The lowest BCUT2D eigenvalue weighted by atomic mass is 9.91. The van der Waals surface area contributed by atoms with Crippen LogP contribution in [-0.4, -0.2) is 34.3 Å². The summed E-state index contributed by atoms with van der Waals surface area (Å²) < 4.78 is 0. The number of nitrogens with zero attached hydrogens (tertiary/aromatic N) is 2. The third kappa shape index (κ3) is 4.75. The average molecular weight is 438 g/mol. The Hall–Kier alpha value is -4.44. The van der Waals surface area contributed by atoms with Crippen LogP contribution in [0, 0.1) is 18.8 Å². The first-order valence-corrected chi connectivity index (χ1v) is 10.4. The molecule has 4 amide bonds. The number of benzene rings is 2. The first kappa shape index (κ1) is 21.8. The number of imide groups is 1. The van der Waals surface area contributed by atoms with Crippen molar-refractivity contribution in [2.45, 2.75) is 19.4 Å². The van der Waals surface area contributed by atoms with E-state index in [0.29, 0.717) is 22.5 Å². The Kier molecular flexibility index (Phi) is 5.92. The lowest BCUT2D eigenvalue weighted by Gasteiger charge is -2.22. The second kappa shape index (κ2) is 8.97. The van der Waals surface area contributed by atoms with Gasteiger partial charge in [0.05, 0.1) is 0 Å². The molecule has 1 aliphatic rings. The maximum Gasteiger partial charge on any atom is 0.325 e. The molecule has 0 saturated carbocycles. The van der Waals surface area contributed by atoms with E-state index in [0.717, 1.165) is 10.5 Å². The summed E-state index contributed by atoms with van der Waals surface area (Å²) in [6.45, 7) is 3.19. The highest BCUT2D eigenvalue weighted by Gasteiger charge is 2.49. The Morgan fingerprint density at radius 2 is 1.85 bits per heavy atom. The molecule has 7 heteroatoms. The Labute approximate surface area is 191 Å². The van der Waals surface area contributed by atoms with E-state index in [-0.39, 0.29) is 0 Å². The molecule has 1 aliphatic heterocycles. The van der Waals surface area contributed by atoms with Crippen molar-refractivity contribution >= 4 is 23.5 Å². The van der Waals surface area contributed by atoms with Crippen LogP contribution in [0.3, 0.4) is 0 Å². The second-order valence-corrected chi connectivity index (χ2v) is 7.91. The number of hydrogen-bond donors (Lipinski definition) is 2. The molecule has 1 unspecified atom stereocenters. The number of amides is 4. The van der Waals surface area contributed by atoms with Gasteiger partial charge in [-0.05, 0) is 55.7 Å². The van der Waals surface area contributed by atoms with E-state index in [1.807, 2.05) is 37.3 Å². The Bertz CT molecular complexity index is 1280. The van der Waals surface area contributed by atoms with E-state index in [9.17, 15) is 14.4 Å². The van der Waals surface area contributed by atoms with E-state index >= 15 is 0 Å². The van der Waals surface area contributed by atoms with Crippen LogP contribution in [-0.2, 0) is 15.1 Å². The highest BCUT2D eigenvalue weighted by Crippen LogP contribution is 2.29. The van der Waals surface area contributed by atoms with Crippen LogP contribution in [0.4, 0.5) is 10.5 Å². The first-order chi connectivity index (χ1) is 15.8. The van der Waals surface area contributed by atoms with Gasteiger partial charge < -0.3 is 10.6 Å². The van der Waals surface area contributed by atoms with Crippen LogP contribution >= 0.6 is 0 Å². The zero-order valence-electron chi connectivity index (χ0n) is 18.3. The van der Waals surface area contributed by atoms with Crippen molar-refractivity contribution in [2.75, 3.05) is 11.9 Å². The van der Waals surface area contributed by atoms with Gasteiger partial charge in [0.25, 0.3) is 5.91 Å². The summed E-state index contributed by atoms with van der Waals surface area (Å²) in [6.07, 6.45) is 1.67. The fourth-order valence-electron chi connectivity index (χ4n) is 3.51. The summed E-state index contributed by atoms with van der Waals surface area (Å²) in [4.78, 5) is 43.2. The number of anilines is 1. The summed E-state index contributed by atoms with van der Waals surface area (Å²) in [7, 11) is 0. The van der Waals surface area contributed by atoms with Crippen molar-refractivity contribution < 1.29 is 14.4 Å². The minimum Gasteiger partial charge on any atom is -0.324 e. The van der Waals surface area contributed by atoms with Crippen LogP contribution < -0.4 is 10.6 Å². The summed E-state index contributed by atoms with van der Waals surface area (Å²) in [6, 6.07) is 19.2. The van der Waals surface area contributed by atoms with Gasteiger partial charge in [0, 0.05) is 17.4 Å². The van der Waals surface area contributed by atoms with E-state index in [1.165, 1.54) is 0 Å². The SMILES string of the molecule is Cc1ccc(C2(C)NC(=O)N(CC(=O)Nc3cccc(C#Cc4ccccn4)c3)C2=O)cc1. The van der Waals surface area contributed by atoms with E-state index in [4.69, 9.17) is 0 Å². The molecular weight excluding hydrogens is 416 g/mol. The van der Waals surface area contributed by atoms with Crippen molar-refractivity contribution in [1.29, 1.82) is 0 Å². The standard InChI is InChI=1S/C26H22N4O3/c1-18-9-12-20(13-10-18)26(2)24(32)30(25(33)29-26)17-23(31)28-22-8-5-6-19(16-22)11-14-21-7-3-4-15-27-21/h3-10,12-13,15-16H,17H2,1-2H3,(H,28,31)(H,29,33). The molecule has 7 nitrogen and oxygen atoms in total. The molecule has 0 aliphatic carbocycles. The number of aromatic nitrogens is 1. The van der Waals surface area contributed by atoms with Gasteiger partial charge in [0.2, 0.25) is 5.91 Å². The van der Waals surface area contributed by atoms with Crippen LogP contribution in [0.25, 0.3) is 0 Å². The van der Waals surface area contributed by atoms with Gasteiger partial charge in [-0.25, -0.2) is 9.78 Å². The molecule has 1 saturated heterocycles. The fourth-order valence-corrected chi connectivity index (χ4v) is 3.51. The molecule has 2 N–H and O–H groups in total. The summed E-state index contributed by atoms with van der Waals surface area (Å²) in [5.74, 6) is 5.01. The summed E-state index contributed by atoms with van der Waals surface area (Å²) >= 11 is 0. The predicted molar refractivity (Wildman–Crippen MR) is 124 cm³/mol. The van der Waals surface area contributed by atoms with Crippen molar-refractivity contribution in [1.82, 2.24) is 15.2 Å². The van der Waals surface area contributed by atoms with Gasteiger partial charge in [-0.1, -0.05) is 47.9 Å². The number of aryl methyl sites for hydroxylation is 1. The predicted octanol–water partition coefficient (Wildman–Crippen LogP) is 3.20. The van der Waals surface area contributed by atoms with E-state index in [2.05, 4.69) is 27.5 Å². The molecule has 2 heterocycles. The largest absolute Gasteiger partial charge is 0.325 e. The second-order valence-electron chi connectivity index (χ2n) is 7.91. The number of urea groups is 1. The van der Waals surface area contributed by atoms with Gasteiger partial charge in [-0.3, -0.25) is 14.5 Å². The van der Waals surface area contributed by atoms with Crippen LogP contribution in [0.1, 0.15) is 29.3 Å². The van der Waals surface area contributed by atoms with Crippen molar-refractivity contribution in [3.05, 3.63) is 95.3 Å². The van der Waals surface area contributed by atoms with Crippen LogP contribution in [0.15, 0.2) is 72.9 Å². The number of carbonyl (C=O) groups excluding carboxylic acids is 3. The third-order valence-electron chi connectivity index (χ3n) is 5.35. The minimum absolute atomic E-state index is 0.393. The highest BCUT2D eigenvalue weighted by atomic mass is 16.2. The van der Waals surface area contributed by atoms with E-state index < -0.39 is 29.9 Å². The number of hydrogen-bond acceptors (Lipinski definition) is 4. The quantitative estimate of drug-likeness (QED) is 0.483. The zero-order valence-corrected chi connectivity index (χ0v) is 18.3. The fraction of sp³-hybridized carbons (Fsp3) is 0.154. The van der Waals surface area contributed by atoms with Gasteiger partial charge in [-0.2, -0.15) is 0 Å². The molecule has 1 aromatic heterocycles. The van der Waals surface area contributed by atoms with Crippen molar-refractivity contribution in [2.24, 2.45) is 0 Å². The van der Waals surface area contributed by atoms with Gasteiger partial charge >= 0.3 is 6.03 Å². The van der Waals surface area contributed by atoms with Crippen molar-refractivity contribution in [3.8, 4) is 11.8 Å². The van der Waals surface area contributed by atoms with Crippen LogP contribution in [0.2, 0.25) is 0 Å². The van der Waals surface area contributed by atoms with Crippen LogP contribution in [0.5, 0.6) is 0 Å². The monoisotopic (exact) mass is 438 g/mol. The number of carbonyl (C=O) groups is 3. The highest BCUT2D eigenvalue weighted by molar-refractivity contribution is 6.10. The molecule has 1 fully saturated rings. The van der Waals surface area contributed by atoms with Gasteiger partial charge in [-0.15, -0.1) is 0 Å². The molecule has 0 radical (unpaired) electrons. The Balaban J connectivity index is 1.44. The number of nitrogens with one attached hydrogen (secondary N) is 2. The number of pyridine rings is 1. The molecule has 33 heavy (non-hydrogen) atoms. The molecule has 2 aromatic carbocycles. The smallest absolute Gasteiger partial charge is 0.324 e. The van der Waals surface area contributed by atoms with Gasteiger partial charge in [0.15, 0.2) is 0 Å². The lowest BCUT2D eigenvalue weighted by molar-refractivity contribution is -0.133. The van der Waals surface area contributed by atoms with E-state index in [1.54, 1.807) is 49.5 Å². The summed E-state index contributed by atoms with van der Waals surface area (Å²) in [5, 5.41) is 5.44. The lowest BCUT2D eigenvalue weighted by Crippen LogP contribution is -2.42. The zero-order chi connectivity index (χ0) is 23.4. The topological polar surface area (TPSA) is 91.4 Å². The maximum atomic E-state index is 13.0. The van der Waals surface area contributed by atoms with Crippen molar-refractivity contribution in [3.63, 3.8) is 0 Å². The Morgan fingerprint density at radius 1 is 1.06 bits per heavy atom. The molecule has 0 spiro atoms. The first-order valence-electron chi connectivity index (χ1n) is 10.4. The summed E-state index contributed by atoms with van der Waals surface area (Å²) in [5.41, 5.74) is 2.34. The molecule has 3 aromatic rings. The molecular formula is C26H22N4O3. The minimum atomic E-state index is -1.22. The molecule has 4 rings (SSSR count). The average Bonchev–Trinajstić information content (AvgIpc) is 3.03. The normalized spacial score (nSPS) is 17.2. The Morgan fingerprint density at radius 3 is 2.58 bits per heavy atom. The molecule has 0 bridgehead atoms. The third-order valence-corrected chi connectivity index (χ3v) is 5.35. The molecule has 1 atom stereocenters. The number of rotatable bonds is 4.